The molecule has 0 unspecified atom stereocenters. The van der Waals surface area contributed by atoms with E-state index in [1.54, 1.807) is 24.3 Å². The molecule has 0 atom stereocenters. The van der Waals surface area contributed by atoms with E-state index in [2.05, 4.69) is 21.3 Å². The molecule has 0 aromatic heterocycles. The Bertz CT molecular complexity index is 2320. The Morgan fingerprint density at radius 3 is 0.778 bits per heavy atom. The number of nitrogens with two attached hydrogens (primary N) is 2. The van der Waals surface area contributed by atoms with Gasteiger partial charge in [0.1, 0.15) is 26.4 Å². The standard InChI is InChI=1S/C56H64N8O8/c57-25-31-63-33-27-59-53(65)45-21-22-46(50(70-38-42-15-7-2-8-16-42)49(45)69-37-41-13-5-1-6-14-41)54(66)60-28-34-64(32-26-58)36-30-62-56(68)48-24-23-47(55(67)61-29-35-63)51(71-39-43-17-9-3-10-18-43)52(48)72-40-44-19-11-4-12-20-44/h1-24H,25-40,57-58H2,(H,59,65)(H,60,66)(H,61,67)(H,62,68). The van der Waals surface area contributed by atoms with Crippen LogP contribution >= 0.6 is 0 Å². The van der Waals surface area contributed by atoms with Crippen LogP contribution in [-0.2, 0) is 26.4 Å². The van der Waals surface area contributed by atoms with Crippen molar-refractivity contribution < 1.29 is 38.1 Å². The average Bonchev–Trinajstić information content (AvgIpc) is 3.41. The van der Waals surface area contributed by atoms with Gasteiger partial charge in [0.15, 0.2) is 23.0 Å². The number of ether oxygens (including phenoxy) is 4. The van der Waals surface area contributed by atoms with E-state index in [-0.39, 0.29) is 97.9 Å². The Labute approximate surface area is 421 Å². The molecule has 16 heteroatoms. The third-order valence-corrected chi connectivity index (χ3v) is 11.9. The maximum absolute atomic E-state index is 14.2. The van der Waals surface area contributed by atoms with Crippen molar-refractivity contribution in [3.8, 4) is 23.0 Å². The molecule has 1 heterocycles. The summed E-state index contributed by atoms with van der Waals surface area (Å²) >= 11 is 0. The van der Waals surface area contributed by atoms with Crippen molar-refractivity contribution in [2.75, 3.05) is 78.5 Å². The third kappa shape index (κ3) is 15.1. The highest BCUT2D eigenvalue weighted by Gasteiger charge is 2.27. The lowest BCUT2D eigenvalue weighted by atomic mass is 10.1. The summed E-state index contributed by atoms with van der Waals surface area (Å²) in [6.45, 7) is 4.47. The highest BCUT2D eigenvalue weighted by Crippen LogP contribution is 2.38. The maximum Gasteiger partial charge on any atom is 0.255 e. The predicted molar refractivity (Wildman–Crippen MR) is 276 cm³/mol. The van der Waals surface area contributed by atoms with Gasteiger partial charge in [-0.2, -0.15) is 0 Å². The smallest absolute Gasteiger partial charge is 0.255 e. The van der Waals surface area contributed by atoms with Gasteiger partial charge in [0.05, 0.1) is 22.3 Å². The number of fused-ring (bicyclic) bond motifs is 6. The number of benzene rings is 6. The first-order valence-electron chi connectivity index (χ1n) is 24.3. The fraction of sp³-hybridized carbons (Fsp3) is 0.286. The second kappa shape index (κ2) is 27.6. The quantitative estimate of drug-likeness (QED) is 0.0744. The molecule has 0 fully saturated rings. The highest BCUT2D eigenvalue weighted by atomic mass is 16.5. The Hall–Kier alpha value is -7.76. The Kier molecular flexibility index (Phi) is 20.0. The molecule has 0 aliphatic carbocycles. The van der Waals surface area contributed by atoms with Gasteiger partial charge in [-0.1, -0.05) is 121 Å². The van der Waals surface area contributed by atoms with Crippen molar-refractivity contribution in [2.45, 2.75) is 26.4 Å². The topological polar surface area (TPSA) is 212 Å². The number of nitrogens with one attached hydrogen (secondary N) is 4. The molecular formula is C56H64N8O8. The first-order chi connectivity index (χ1) is 35.3. The van der Waals surface area contributed by atoms with E-state index in [4.69, 9.17) is 30.4 Å². The van der Waals surface area contributed by atoms with Crippen LogP contribution in [0.25, 0.3) is 0 Å². The van der Waals surface area contributed by atoms with E-state index in [0.717, 1.165) is 22.3 Å². The highest BCUT2D eigenvalue weighted by molar-refractivity contribution is 6.04. The first-order valence-corrected chi connectivity index (χ1v) is 24.3. The van der Waals surface area contributed by atoms with Crippen LogP contribution in [0.2, 0.25) is 0 Å². The van der Waals surface area contributed by atoms with Gasteiger partial charge in [-0.25, -0.2) is 0 Å². The Balaban J connectivity index is 1.20. The number of carbonyl (C=O) groups is 4. The zero-order chi connectivity index (χ0) is 50.3. The van der Waals surface area contributed by atoms with Crippen LogP contribution in [0.1, 0.15) is 63.7 Å². The molecule has 4 amide bonds. The number of hydrogen-bond donors (Lipinski definition) is 6. The molecule has 6 aromatic rings. The maximum atomic E-state index is 14.2. The van der Waals surface area contributed by atoms with Crippen molar-refractivity contribution in [1.29, 1.82) is 0 Å². The monoisotopic (exact) mass is 976 g/mol. The summed E-state index contributed by atoms with van der Waals surface area (Å²) in [7, 11) is 0. The molecule has 1 aliphatic rings. The zero-order valence-corrected chi connectivity index (χ0v) is 40.5. The lowest BCUT2D eigenvalue weighted by Gasteiger charge is -2.24. The van der Waals surface area contributed by atoms with E-state index in [0.29, 0.717) is 52.4 Å². The van der Waals surface area contributed by atoms with Gasteiger partial charge in [0.2, 0.25) is 0 Å². The largest absolute Gasteiger partial charge is 0.484 e. The second-order valence-electron chi connectivity index (χ2n) is 17.0. The van der Waals surface area contributed by atoms with E-state index in [9.17, 15) is 19.2 Å². The van der Waals surface area contributed by atoms with E-state index in [1.807, 2.05) is 131 Å². The zero-order valence-electron chi connectivity index (χ0n) is 40.5. The number of carbonyl (C=O) groups excluding carboxylic acids is 4. The number of rotatable bonds is 16. The molecule has 0 saturated carbocycles. The Morgan fingerprint density at radius 2 is 0.569 bits per heavy atom. The van der Waals surface area contributed by atoms with Gasteiger partial charge >= 0.3 is 0 Å². The minimum absolute atomic E-state index is 0.0983. The lowest BCUT2D eigenvalue weighted by molar-refractivity contribution is 0.0919. The SMILES string of the molecule is NCCN1CCNC(=O)c2ccc(c(OCc3ccccc3)c2OCc2ccccc2)C(=O)NCCN(CCN)CCNC(=O)c2ccc(c(OCc3ccccc3)c2OCc2ccccc2)C(=O)NCC1. The van der Waals surface area contributed by atoms with E-state index < -0.39 is 23.6 Å². The fourth-order valence-electron chi connectivity index (χ4n) is 8.06. The van der Waals surface area contributed by atoms with Crippen LogP contribution in [0.3, 0.4) is 0 Å². The normalized spacial score (nSPS) is 14.7. The molecule has 0 saturated heterocycles. The van der Waals surface area contributed by atoms with Crippen LogP contribution in [0, 0.1) is 0 Å². The minimum atomic E-state index is -0.432. The summed E-state index contributed by atoms with van der Waals surface area (Å²) in [5.74, 6) is -1.24. The van der Waals surface area contributed by atoms with Crippen molar-refractivity contribution >= 4 is 23.6 Å². The molecule has 7 rings (SSSR count). The first kappa shape index (κ1) is 52.1. The van der Waals surface area contributed by atoms with Crippen molar-refractivity contribution in [2.24, 2.45) is 11.5 Å². The van der Waals surface area contributed by atoms with E-state index >= 15 is 0 Å². The van der Waals surface area contributed by atoms with Crippen molar-refractivity contribution in [3.05, 3.63) is 190 Å². The minimum Gasteiger partial charge on any atom is -0.484 e. The molecule has 0 radical (unpaired) electrons. The van der Waals surface area contributed by atoms with Crippen molar-refractivity contribution in [1.82, 2.24) is 31.1 Å². The summed E-state index contributed by atoms with van der Waals surface area (Å²) in [5.41, 5.74) is 16.3. The van der Waals surface area contributed by atoms with Gasteiger partial charge in [-0.05, 0) is 46.5 Å². The van der Waals surface area contributed by atoms with Crippen molar-refractivity contribution in [3.63, 3.8) is 0 Å². The molecule has 72 heavy (non-hydrogen) atoms. The number of hydrogen-bond acceptors (Lipinski definition) is 12. The van der Waals surface area contributed by atoms with E-state index in [1.165, 1.54) is 0 Å². The lowest BCUT2D eigenvalue weighted by Crippen LogP contribution is -2.42. The van der Waals surface area contributed by atoms with Gasteiger partial charge in [0, 0.05) is 78.5 Å². The molecule has 16 nitrogen and oxygen atoms in total. The summed E-state index contributed by atoms with van der Waals surface area (Å²) < 4.78 is 25.8. The van der Waals surface area contributed by atoms with Gasteiger partial charge in [-0.3, -0.25) is 29.0 Å². The van der Waals surface area contributed by atoms with Gasteiger partial charge in [0.25, 0.3) is 23.6 Å². The summed E-state index contributed by atoms with van der Waals surface area (Å²) in [6, 6.07) is 44.3. The fourth-order valence-corrected chi connectivity index (χ4v) is 8.06. The predicted octanol–water partition coefficient (Wildman–Crippen LogP) is 5.16. The van der Waals surface area contributed by atoms with Crippen LogP contribution in [0.5, 0.6) is 23.0 Å². The summed E-state index contributed by atoms with van der Waals surface area (Å²) in [5, 5.41) is 12.1. The average molecular weight is 977 g/mol. The van der Waals surface area contributed by atoms with Crippen LogP contribution in [0.4, 0.5) is 0 Å². The molecule has 1 aliphatic heterocycles. The van der Waals surface area contributed by atoms with Crippen LogP contribution < -0.4 is 51.7 Å². The van der Waals surface area contributed by atoms with Gasteiger partial charge < -0.3 is 51.7 Å². The molecule has 8 N–H and O–H groups in total. The molecule has 376 valence electrons. The van der Waals surface area contributed by atoms with Gasteiger partial charge in [-0.15, -0.1) is 0 Å². The Morgan fingerprint density at radius 1 is 0.347 bits per heavy atom. The summed E-state index contributed by atoms with van der Waals surface area (Å²) in [6.07, 6.45) is 0. The molecule has 4 bridgehead atoms. The van der Waals surface area contributed by atoms with Crippen LogP contribution in [0.15, 0.2) is 146 Å². The van der Waals surface area contributed by atoms with Crippen LogP contribution in [-0.4, -0.2) is 112 Å². The summed E-state index contributed by atoms with van der Waals surface area (Å²) in [4.78, 5) is 60.9. The molecule has 0 spiro atoms. The number of amides is 4. The molecule has 6 aromatic carbocycles. The molecular weight excluding hydrogens is 913 g/mol. The second-order valence-corrected chi connectivity index (χ2v) is 17.0. The third-order valence-electron chi connectivity index (χ3n) is 11.9. The number of nitrogens with zero attached hydrogens (tertiary/aromatic N) is 2.